The molecule has 3 aromatic carbocycles. The third kappa shape index (κ3) is 73.0. The van der Waals surface area contributed by atoms with Gasteiger partial charge in [-0.05, 0) is 98.5 Å². The average molecular weight is 1370 g/mol. The fraction of sp³-hybridized carbons (Fsp3) is 0.556. The SMILES string of the molecule is C=CC(=O)NCCCOCCOCCOCCCNC(=O)C=C.C=CC(=O)O.C=Cc1ccccc1.CCC(C)C(=O)NCCCOCCOCCOCCCNC(=O)C(C)CC.CCC(C)C(=O)O.CCC(C)c1ccccc1.CCC(C)c1ccccc1.[K+].[P-]=S. The van der Waals surface area contributed by atoms with E-state index in [0.717, 1.165) is 51.0 Å². The van der Waals surface area contributed by atoms with Crippen molar-refractivity contribution in [1.29, 1.82) is 0 Å². The first-order chi connectivity index (χ1) is 44.3. The van der Waals surface area contributed by atoms with Crippen molar-refractivity contribution in [2.24, 2.45) is 17.8 Å². The molecule has 0 bridgehead atoms. The Morgan fingerprint density at radius 3 is 0.882 bits per heavy atom. The van der Waals surface area contributed by atoms with Crippen molar-refractivity contribution in [3.05, 3.63) is 152 Å². The van der Waals surface area contributed by atoms with E-state index >= 15 is 0 Å². The average Bonchev–Trinajstić information content (AvgIpc) is 3.79. The molecule has 3 rings (SSSR count). The van der Waals surface area contributed by atoms with E-state index in [1.807, 2.05) is 71.0 Å². The summed E-state index contributed by atoms with van der Waals surface area (Å²) in [6, 6.07) is 31.3. The van der Waals surface area contributed by atoms with E-state index in [1.54, 1.807) is 6.92 Å². The number of aliphatic carboxylic acids is 2. The Kier molecular flexibility index (Phi) is 83.4. The molecule has 522 valence electrons. The number of ether oxygens (including phenoxy) is 6. The molecule has 0 aromatic heterocycles. The van der Waals surface area contributed by atoms with Gasteiger partial charge in [0.2, 0.25) is 23.6 Å². The number of benzene rings is 3. The van der Waals surface area contributed by atoms with Gasteiger partial charge in [0.1, 0.15) is 0 Å². The van der Waals surface area contributed by atoms with Crippen LogP contribution >= 0.6 is 8.02 Å². The van der Waals surface area contributed by atoms with Gasteiger partial charge in [0.25, 0.3) is 0 Å². The predicted octanol–water partition coefficient (Wildman–Crippen LogP) is 10.5. The molecule has 3 aromatic rings. The van der Waals surface area contributed by atoms with Crippen molar-refractivity contribution >= 4 is 61.5 Å². The van der Waals surface area contributed by atoms with Crippen LogP contribution in [0.1, 0.15) is 156 Å². The number of hydrogen-bond acceptors (Lipinski definition) is 13. The summed E-state index contributed by atoms with van der Waals surface area (Å²) >= 11 is 3.78. The van der Waals surface area contributed by atoms with Crippen molar-refractivity contribution in [1.82, 2.24) is 21.3 Å². The summed E-state index contributed by atoms with van der Waals surface area (Å²) in [6.45, 7) is 42.8. The largest absolute Gasteiger partial charge is 1.00 e. The minimum absolute atomic E-state index is 0. The van der Waals surface area contributed by atoms with Gasteiger partial charge in [-0.25, -0.2) is 4.79 Å². The molecule has 4 amide bonds. The van der Waals surface area contributed by atoms with E-state index in [-0.39, 0.29) is 92.8 Å². The number of carbonyl (C=O) groups is 6. The van der Waals surface area contributed by atoms with Gasteiger partial charge in [-0.1, -0.05) is 193 Å². The third-order valence-corrected chi connectivity index (χ3v) is 13.2. The minimum atomic E-state index is -0.981. The van der Waals surface area contributed by atoms with Crippen LogP contribution in [0.5, 0.6) is 0 Å². The van der Waals surface area contributed by atoms with Gasteiger partial charge in [-0.15, -0.1) is 0 Å². The van der Waals surface area contributed by atoms with Crippen LogP contribution in [0.25, 0.3) is 6.08 Å². The Labute approximate surface area is 610 Å². The zero-order valence-corrected chi connectivity index (χ0v) is 63.3. The number of rotatable bonds is 42. The number of carboxylic acid groups (broad SMARTS) is 2. The standard InChI is InChI=1S/C20H40N2O5.C16H28N2O5.2C10H14.C8H8.C5H10O2.C3H4O2.K.PS/c1-5-17(3)19(23)21-9-7-11-25-13-15-27-16-14-26-12-8-10-22-20(24)18(4)6-2;1-3-15(19)17-7-5-9-21-11-13-23-14-12-22-10-6-8-18-16(20)4-2;2*1-3-9(2)10-7-5-4-6-8-10;1-2-8-6-4-3-5-7-8;1-3-4(2)5(6)7;1-2-3(4)5;;1-2/h17-18H,5-16H2,1-4H3,(H,21,23)(H,22,24);3-4H,1-2,5-14H2,(H,17,19)(H,18,20);2*4-9H,3H2,1-2H3;2-7H,1H2;4H,3H2,1-2H3,(H,6,7);2H,1H2,(H,4,5);;/q;;;;;;;+1;-1. The predicted molar refractivity (Wildman–Crippen MR) is 381 cm³/mol. The molecule has 0 saturated heterocycles. The second kappa shape index (κ2) is 78.1. The Hall–Kier alpha value is -4.64. The maximum Gasteiger partial charge on any atom is 1.00 e. The van der Waals surface area contributed by atoms with E-state index in [2.05, 4.69) is 156 Å². The summed E-state index contributed by atoms with van der Waals surface area (Å²) in [5.41, 5.74) is 4.07. The van der Waals surface area contributed by atoms with Crippen molar-refractivity contribution in [2.45, 2.75) is 139 Å². The summed E-state index contributed by atoms with van der Waals surface area (Å²) < 4.78 is 32.4. The number of hydrogen-bond donors (Lipinski definition) is 6. The van der Waals surface area contributed by atoms with Crippen LogP contribution in [-0.4, -0.2) is 151 Å². The molecule has 0 aliphatic heterocycles. The van der Waals surface area contributed by atoms with Crippen molar-refractivity contribution in [2.75, 3.05) is 105 Å². The molecule has 0 heterocycles. The van der Waals surface area contributed by atoms with Gasteiger partial charge in [0.05, 0.1) is 58.8 Å². The van der Waals surface area contributed by atoms with E-state index in [1.165, 1.54) is 41.7 Å². The number of amides is 4. The van der Waals surface area contributed by atoms with Crippen molar-refractivity contribution in [3.8, 4) is 0 Å². The third-order valence-electron chi connectivity index (χ3n) is 13.2. The monoisotopic (exact) mass is 1360 g/mol. The van der Waals surface area contributed by atoms with E-state index in [4.69, 9.17) is 38.6 Å². The zero-order valence-electron chi connectivity index (χ0n) is 58.5. The van der Waals surface area contributed by atoms with Crippen molar-refractivity contribution in [3.63, 3.8) is 0 Å². The zero-order chi connectivity index (χ0) is 70.3. The molecule has 0 saturated carbocycles. The van der Waals surface area contributed by atoms with Crippen LogP contribution < -0.4 is 72.7 Å². The van der Waals surface area contributed by atoms with Crippen LogP contribution in [0.4, 0.5) is 0 Å². The first-order valence-corrected chi connectivity index (χ1v) is 33.6. The number of carboxylic acids is 2. The van der Waals surface area contributed by atoms with Crippen LogP contribution in [0, 0.1) is 17.8 Å². The second-order valence-corrected chi connectivity index (χ2v) is 20.5. The van der Waals surface area contributed by atoms with Crippen molar-refractivity contribution < 1.29 is 119 Å². The van der Waals surface area contributed by atoms with E-state index < -0.39 is 11.9 Å². The van der Waals surface area contributed by atoms with Gasteiger partial charge in [-0.2, -0.15) is 0 Å². The molecule has 5 unspecified atom stereocenters. The Balaban J connectivity index is -0.000000254. The van der Waals surface area contributed by atoms with Crippen LogP contribution in [0.3, 0.4) is 0 Å². The summed E-state index contributed by atoms with van der Waals surface area (Å²) in [6.07, 6.45) is 13.2. The molecule has 0 fully saturated rings. The first kappa shape index (κ1) is 99.4. The first-order valence-electron chi connectivity index (χ1n) is 32.2. The maximum absolute atomic E-state index is 11.6. The fourth-order valence-corrected chi connectivity index (χ4v) is 6.29. The summed E-state index contributed by atoms with van der Waals surface area (Å²) in [7, 11) is 3.11. The van der Waals surface area contributed by atoms with E-state index in [9.17, 15) is 28.8 Å². The summed E-state index contributed by atoms with van der Waals surface area (Å²) in [5, 5.41) is 26.9. The molecule has 0 spiro atoms. The van der Waals surface area contributed by atoms with Crippen LogP contribution in [-0.2, 0) is 69.0 Å². The molecule has 18 nitrogen and oxygen atoms in total. The van der Waals surface area contributed by atoms with Crippen LogP contribution in [0.2, 0.25) is 0 Å². The molecule has 0 aliphatic carbocycles. The molecule has 0 radical (unpaired) electrons. The smallest absolute Gasteiger partial charge is 0.645 e. The molecule has 6 N–H and O–H groups in total. The Morgan fingerprint density at radius 1 is 0.419 bits per heavy atom. The Bertz CT molecular complexity index is 2130. The molecule has 5 atom stereocenters. The van der Waals surface area contributed by atoms with Gasteiger partial charge in [0.15, 0.2) is 0 Å². The van der Waals surface area contributed by atoms with Gasteiger partial charge in [-0.3, -0.25) is 24.0 Å². The summed E-state index contributed by atoms with van der Waals surface area (Å²) in [5.74, 6) is -0.421. The second-order valence-electron chi connectivity index (χ2n) is 20.5. The molecular formula is C72H118KN4O14PS. The van der Waals surface area contributed by atoms with Gasteiger partial charge < -0.3 is 79.7 Å². The maximum atomic E-state index is 11.6. The quantitative estimate of drug-likeness (QED) is 0.0134. The van der Waals surface area contributed by atoms with Gasteiger partial charge >= 0.3 is 63.3 Å². The molecular weight excluding hydrogens is 1250 g/mol. The molecule has 93 heavy (non-hydrogen) atoms. The molecule has 21 heteroatoms. The number of carbonyl (C=O) groups excluding carboxylic acids is 4. The number of nitrogens with one attached hydrogen (secondary N) is 4. The van der Waals surface area contributed by atoms with Gasteiger partial charge in [0, 0.05) is 70.5 Å². The normalized spacial score (nSPS) is 11.2. The summed E-state index contributed by atoms with van der Waals surface area (Å²) in [4.78, 5) is 64.0. The molecule has 0 aliphatic rings. The minimum Gasteiger partial charge on any atom is -0.645 e. The van der Waals surface area contributed by atoms with Crippen LogP contribution in [0.15, 0.2) is 136 Å². The fourth-order valence-electron chi connectivity index (χ4n) is 6.29. The Morgan fingerprint density at radius 2 is 0.677 bits per heavy atom. The topological polar surface area (TPSA) is 246 Å². The van der Waals surface area contributed by atoms with E-state index in [0.29, 0.717) is 117 Å².